The molecule has 0 aliphatic heterocycles. The third kappa shape index (κ3) is 1.81. The van der Waals surface area contributed by atoms with Gasteiger partial charge in [0.15, 0.2) is 0 Å². The molecular formula is C14H19N. The Morgan fingerprint density at radius 3 is 2.47 bits per heavy atom. The number of benzene rings is 1. The lowest BCUT2D eigenvalue weighted by molar-refractivity contribution is 0.430. The summed E-state index contributed by atoms with van der Waals surface area (Å²) in [5.74, 6) is 0.749. The molecule has 1 aromatic carbocycles. The van der Waals surface area contributed by atoms with Crippen molar-refractivity contribution in [2.24, 2.45) is 0 Å². The van der Waals surface area contributed by atoms with Crippen molar-refractivity contribution >= 4 is 0 Å². The summed E-state index contributed by atoms with van der Waals surface area (Å²) in [5.41, 5.74) is 3.13. The van der Waals surface area contributed by atoms with E-state index in [-0.39, 0.29) is 0 Å². The third-order valence-corrected chi connectivity index (χ3v) is 3.80. The summed E-state index contributed by atoms with van der Waals surface area (Å²) in [5, 5.41) is 3.77. The fourth-order valence-electron chi connectivity index (χ4n) is 2.71. The highest BCUT2D eigenvalue weighted by molar-refractivity contribution is 5.35. The molecule has 0 saturated heterocycles. The minimum absolute atomic E-state index is 0.630. The van der Waals surface area contributed by atoms with Crippen LogP contribution in [0.5, 0.6) is 0 Å². The Kier molecular flexibility index (Phi) is 2.28. The van der Waals surface area contributed by atoms with Gasteiger partial charge in [0.1, 0.15) is 0 Å². The molecular weight excluding hydrogens is 182 g/mol. The van der Waals surface area contributed by atoms with E-state index in [1.807, 2.05) is 0 Å². The van der Waals surface area contributed by atoms with Crippen LogP contribution in [0.1, 0.15) is 55.7 Å². The second kappa shape index (κ2) is 3.64. The van der Waals surface area contributed by atoms with Crippen LogP contribution < -0.4 is 5.32 Å². The van der Waals surface area contributed by atoms with E-state index in [0.717, 1.165) is 12.0 Å². The smallest absolute Gasteiger partial charge is 0.0325 e. The SMILES string of the molecule is C[C@H]1CC[C@@H](NC2CC2)c2ccccc21. The summed E-state index contributed by atoms with van der Waals surface area (Å²) in [6.07, 6.45) is 5.42. The molecule has 0 radical (unpaired) electrons. The predicted octanol–water partition coefficient (Wildman–Crippen LogP) is 3.38. The van der Waals surface area contributed by atoms with Crippen LogP contribution in [0, 0.1) is 0 Å². The standard InChI is InChI=1S/C14H19N/c1-10-6-9-14(15-11-7-8-11)13-5-3-2-4-12(10)13/h2-5,10-11,14-15H,6-9H2,1H3/t10-,14+/m0/s1. The molecule has 0 amide bonds. The highest BCUT2D eigenvalue weighted by Crippen LogP contribution is 2.38. The molecule has 15 heavy (non-hydrogen) atoms. The van der Waals surface area contributed by atoms with Crippen LogP contribution in [0.25, 0.3) is 0 Å². The molecule has 0 bridgehead atoms. The Bertz CT molecular complexity index is 354. The van der Waals surface area contributed by atoms with Crippen LogP contribution in [-0.4, -0.2) is 6.04 Å². The van der Waals surface area contributed by atoms with E-state index in [0.29, 0.717) is 6.04 Å². The first kappa shape index (κ1) is 9.41. The van der Waals surface area contributed by atoms with Crippen molar-refractivity contribution in [1.82, 2.24) is 5.32 Å². The zero-order valence-electron chi connectivity index (χ0n) is 9.37. The summed E-state index contributed by atoms with van der Waals surface area (Å²) in [7, 11) is 0. The zero-order chi connectivity index (χ0) is 10.3. The molecule has 0 unspecified atom stereocenters. The first-order valence-electron chi connectivity index (χ1n) is 6.19. The van der Waals surface area contributed by atoms with E-state index < -0.39 is 0 Å². The molecule has 1 saturated carbocycles. The van der Waals surface area contributed by atoms with E-state index >= 15 is 0 Å². The van der Waals surface area contributed by atoms with Gasteiger partial charge in [-0.2, -0.15) is 0 Å². The first-order chi connectivity index (χ1) is 7.34. The molecule has 2 aliphatic carbocycles. The van der Waals surface area contributed by atoms with E-state index in [1.165, 1.54) is 25.7 Å². The maximum absolute atomic E-state index is 3.77. The fourth-order valence-corrected chi connectivity index (χ4v) is 2.71. The van der Waals surface area contributed by atoms with Gasteiger partial charge in [-0.25, -0.2) is 0 Å². The summed E-state index contributed by atoms with van der Waals surface area (Å²) in [4.78, 5) is 0. The zero-order valence-corrected chi connectivity index (χ0v) is 9.37. The third-order valence-electron chi connectivity index (χ3n) is 3.80. The van der Waals surface area contributed by atoms with E-state index in [9.17, 15) is 0 Å². The van der Waals surface area contributed by atoms with Crippen LogP contribution in [0.15, 0.2) is 24.3 Å². The molecule has 1 N–H and O–H groups in total. The van der Waals surface area contributed by atoms with Gasteiger partial charge in [-0.1, -0.05) is 31.2 Å². The molecule has 1 aromatic rings. The first-order valence-corrected chi connectivity index (χ1v) is 6.19. The maximum atomic E-state index is 3.77. The van der Waals surface area contributed by atoms with E-state index in [1.54, 1.807) is 11.1 Å². The van der Waals surface area contributed by atoms with Gasteiger partial charge in [-0.3, -0.25) is 0 Å². The largest absolute Gasteiger partial charge is 0.307 e. The monoisotopic (exact) mass is 201 g/mol. The highest BCUT2D eigenvalue weighted by atomic mass is 15.0. The number of fused-ring (bicyclic) bond motifs is 1. The Balaban J connectivity index is 1.89. The minimum Gasteiger partial charge on any atom is -0.307 e. The molecule has 1 fully saturated rings. The van der Waals surface area contributed by atoms with Crippen molar-refractivity contribution < 1.29 is 0 Å². The Hall–Kier alpha value is -0.820. The molecule has 0 spiro atoms. The van der Waals surface area contributed by atoms with Crippen LogP contribution in [0.4, 0.5) is 0 Å². The molecule has 2 atom stereocenters. The minimum atomic E-state index is 0.630. The van der Waals surface area contributed by atoms with Gasteiger partial charge < -0.3 is 5.32 Å². The van der Waals surface area contributed by atoms with Crippen LogP contribution >= 0.6 is 0 Å². The van der Waals surface area contributed by atoms with Gasteiger partial charge in [0.25, 0.3) is 0 Å². The molecule has 1 heteroatoms. The predicted molar refractivity (Wildman–Crippen MR) is 63.0 cm³/mol. The van der Waals surface area contributed by atoms with Gasteiger partial charge >= 0.3 is 0 Å². The second-order valence-electron chi connectivity index (χ2n) is 5.10. The highest BCUT2D eigenvalue weighted by Gasteiger charge is 2.29. The number of rotatable bonds is 2. The second-order valence-corrected chi connectivity index (χ2v) is 5.10. The van der Waals surface area contributed by atoms with Crippen molar-refractivity contribution in [2.45, 2.75) is 50.6 Å². The number of nitrogens with one attached hydrogen (secondary N) is 1. The lowest BCUT2D eigenvalue weighted by Crippen LogP contribution is -2.27. The van der Waals surface area contributed by atoms with Crippen LogP contribution in [0.3, 0.4) is 0 Å². The fraction of sp³-hybridized carbons (Fsp3) is 0.571. The van der Waals surface area contributed by atoms with E-state index in [2.05, 4.69) is 36.5 Å². The molecule has 0 aromatic heterocycles. The average Bonchev–Trinajstić information content (AvgIpc) is 3.07. The normalized spacial score (nSPS) is 29.9. The molecule has 1 nitrogen and oxygen atoms in total. The van der Waals surface area contributed by atoms with Crippen molar-refractivity contribution in [2.75, 3.05) is 0 Å². The summed E-state index contributed by atoms with van der Waals surface area (Å²) < 4.78 is 0. The van der Waals surface area contributed by atoms with Crippen LogP contribution in [0.2, 0.25) is 0 Å². The Labute approximate surface area is 91.9 Å². The van der Waals surface area contributed by atoms with Gasteiger partial charge in [0.05, 0.1) is 0 Å². The maximum Gasteiger partial charge on any atom is 0.0325 e. The molecule has 2 aliphatic rings. The summed E-state index contributed by atoms with van der Waals surface area (Å²) in [6, 6.07) is 10.4. The quantitative estimate of drug-likeness (QED) is 0.773. The number of hydrogen-bond donors (Lipinski definition) is 1. The lowest BCUT2D eigenvalue weighted by atomic mass is 9.81. The number of hydrogen-bond acceptors (Lipinski definition) is 1. The molecule has 80 valence electrons. The molecule has 3 rings (SSSR count). The summed E-state index contributed by atoms with van der Waals surface area (Å²) in [6.45, 7) is 2.35. The van der Waals surface area contributed by atoms with Crippen molar-refractivity contribution in [3.05, 3.63) is 35.4 Å². The van der Waals surface area contributed by atoms with E-state index in [4.69, 9.17) is 0 Å². The summed E-state index contributed by atoms with van der Waals surface area (Å²) >= 11 is 0. The Morgan fingerprint density at radius 1 is 1.00 bits per heavy atom. The van der Waals surface area contributed by atoms with Crippen LogP contribution in [-0.2, 0) is 0 Å². The topological polar surface area (TPSA) is 12.0 Å². The van der Waals surface area contributed by atoms with Gasteiger partial charge in [0, 0.05) is 12.1 Å². The Morgan fingerprint density at radius 2 is 1.73 bits per heavy atom. The van der Waals surface area contributed by atoms with Gasteiger partial charge in [-0.15, -0.1) is 0 Å². The average molecular weight is 201 g/mol. The van der Waals surface area contributed by atoms with Gasteiger partial charge in [-0.05, 0) is 42.7 Å². The van der Waals surface area contributed by atoms with Crippen molar-refractivity contribution in [1.29, 1.82) is 0 Å². The van der Waals surface area contributed by atoms with Gasteiger partial charge in [0.2, 0.25) is 0 Å². The van der Waals surface area contributed by atoms with Crippen molar-refractivity contribution in [3.63, 3.8) is 0 Å². The lowest BCUT2D eigenvalue weighted by Gasteiger charge is -2.30. The molecule has 0 heterocycles. The van der Waals surface area contributed by atoms with Crippen molar-refractivity contribution in [3.8, 4) is 0 Å².